The van der Waals surface area contributed by atoms with Crippen LogP contribution in [-0.2, 0) is 13.3 Å². The van der Waals surface area contributed by atoms with Gasteiger partial charge in [0.1, 0.15) is 0 Å². The monoisotopic (exact) mass is 268 g/mol. The third-order valence-corrected chi connectivity index (χ3v) is 3.66. The second-order valence-electron chi connectivity index (χ2n) is 3.61. The van der Waals surface area contributed by atoms with Crippen LogP contribution in [0, 0.1) is 0 Å². The highest BCUT2D eigenvalue weighted by molar-refractivity contribution is 6.36. The molecule has 1 N–H and O–H groups in total. The Balaban J connectivity index is 2.06. The van der Waals surface area contributed by atoms with E-state index < -0.39 is 9.53 Å². The number of benzene rings is 1. The van der Waals surface area contributed by atoms with Crippen molar-refractivity contribution in [3.05, 3.63) is 30.3 Å². The fraction of sp³-hybridized carbons (Fsp3) is 0.538. The molecule has 0 saturated heterocycles. The van der Waals surface area contributed by atoms with E-state index >= 15 is 0 Å². The van der Waals surface area contributed by atoms with Crippen LogP contribution >= 0.6 is 0 Å². The van der Waals surface area contributed by atoms with Gasteiger partial charge in [0, 0.05) is 32.1 Å². The molecule has 0 bridgehead atoms. The van der Waals surface area contributed by atoms with E-state index in [0.29, 0.717) is 19.8 Å². The van der Waals surface area contributed by atoms with Crippen LogP contribution in [0.1, 0.15) is 20.3 Å². The minimum Gasteiger partial charge on any atom is -0.385 e. The van der Waals surface area contributed by atoms with E-state index in [4.69, 9.17) is 13.3 Å². The SMILES string of the molecule is CCO[Si](OCC)OCCCNc1ccccc1. The Kier molecular flexibility index (Phi) is 8.50. The average molecular weight is 268 g/mol. The largest absolute Gasteiger partial charge is 0.577 e. The van der Waals surface area contributed by atoms with Crippen molar-refractivity contribution in [3.63, 3.8) is 0 Å². The Morgan fingerprint density at radius 2 is 1.67 bits per heavy atom. The predicted octanol–water partition coefficient (Wildman–Crippen LogP) is 2.56. The zero-order chi connectivity index (χ0) is 13.1. The molecule has 0 aliphatic carbocycles. The summed E-state index contributed by atoms with van der Waals surface area (Å²) in [4.78, 5) is 0. The minimum atomic E-state index is -1.52. The minimum absolute atomic E-state index is 0.635. The molecule has 0 aliphatic heterocycles. The number of rotatable bonds is 10. The summed E-state index contributed by atoms with van der Waals surface area (Å²) in [5.74, 6) is 0. The quantitative estimate of drug-likeness (QED) is 0.523. The lowest BCUT2D eigenvalue weighted by Crippen LogP contribution is -2.28. The molecule has 0 saturated carbocycles. The van der Waals surface area contributed by atoms with Crippen LogP contribution in [0.3, 0.4) is 0 Å². The van der Waals surface area contributed by atoms with Gasteiger partial charge in [0.25, 0.3) is 0 Å². The summed E-state index contributed by atoms with van der Waals surface area (Å²) < 4.78 is 16.3. The molecule has 0 heterocycles. The summed E-state index contributed by atoms with van der Waals surface area (Å²) in [6.45, 7) is 6.71. The van der Waals surface area contributed by atoms with Gasteiger partial charge in [0.05, 0.1) is 0 Å². The third-order valence-electron chi connectivity index (χ3n) is 2.17. The van der Waals surface area contributed by atoms with Gasteiger partial charge in [0.2, 0.25) is 0 Å². The lowest BCUT2D eigenvalue weighted by molar-refractivity contribution is 0.102. The number of anilines is 1. The Morgan fingerprint density at radius 1 is 1.00 bits per heavy atom. The summed E-state index contributed by atoms with van der Waals surface area (Å²) >= 11 is 0. The molecule has 0 aromatic heterocycles. The molecule has 101 valence electrons. The fourth-order valence-corrected chi connectivity index (χ4v) is 2.41. The molecular formula is C13H22NO3Si. The van der Waals surface area contributed by atoms with Gasteiger partial charge in [-0.2, -0.15) is 0 Å². The summed E-state index contributed by atoms with van der Waals surface area (Å²) in [5.41, 5.74) is 1.14. The number of hydrogen-bond donors (Lipinski definition) is 1. The van der Waals surface area contributed by atoms with E-state index in [1.54, 1.807) is 0 Å². The Morgan fingerprint density at radius 3 is 2.28 bits per heavy atom. The normalized spacial score (nSPS) is 10.8. The van der Waals surface area contributed by atoms with Crippen LogP contribution in [0.5, 0.6) is 0 Å². The van der Waals surface area contributed by atoms with E-state index in [1.165, 1.54) is 0 Å². The first-order valence-corrected chi connectivity index (χ1v) is 7.63. The lowest BCUT2D eigenvalue weighted by atomic mass is 10.3. The molecular weight excluding hydrogens is 246 g/mol. The van der Waals surface area contributed by atoms with Crippen molar-refractivity contribution in [2.75, 3.05) is 31.7 Å². The van der Waals surface area contributed by atoms with Crippen LogP contribution in [0.2, 0.25) is 0 Å². The van der Waals surface area contributed by atoms with Crippen LogP contribution in [0.25, 0.3) is 0 Å². The molecule has 1 aromatic rings. The van der Waals surface area contributed by atoms with Crippen molar-refractivity contribution in [2.24, 2.45) is 0 Å². The second kappa shape index (κ2) is 10.1. The van der Waals surface area contributed by atoms with Gasteiger partial charge < -0.3 is 18.6 Å². The predicted molar refractivity (Wildman–Crippen MR) is 74.5 cm³/mol. The Hall–Kier alpha value is -0.883. The maximum atomic E-state index is 5.58. The first-order valence-electron chi connectivity index (χ1n) is 6.41. The highest BCUT2D eigenvalue weighted by Gasteiger charge is 2.16. The van der Waals surface area contributed by atoms with Crippen molar-refractivity contribution in [1.29, 1.82) is 0 Å². The topological polar surface area (TPSA) is 39.7 Å². The second-order valence-corrected chi connectivity index (χ2v) is 4.98. The molecule has 0 amide bonds. The molecule has 1 radical (unpaired) electrons. The molecule has 4 nitrogen and oxygen atoms in total. The fourth-order valence-electron chi connectivity index (χ4n) is 1.38. The van der Waals surface area contributed by atoms with E-state index in [-0.39, 0.29) is 0 Å². The molecule has 18 heavy (non-hydrogen) atoms. The Labute approximate surface area is 111 Å². The van der Waals surface area contributed by atoms with Crippen molar-refractivity contribution >= 4 is 15.2 Å². The summed E-state index contributed by atoms with van der Waals surface area (Å²) in [7, 11) is -1.52. The summed E-state index contributed by atoms with van der Waals surface area (Å²) in [6, 6.07) is 10.1. The standard InChI is InChI=1S/C13H22NO3Si/c1-3-15-18(16-4-2)17-12-8-11-14-13-9-6-5-7-10-13/h5-7,9-10,14H,3-4,8,11-12H2,1-2H3. The third kappa shape index (κ3) is 6.76. The first-order chi connectivity index (χ1) is 8.86. The Bertz CT molecular complexity index is 292. The van der Waals surface area contributed by atoms with E-state index in [0.717, 1.165) is 18.7 Å². The van der Waals surface area contributed by atoms with E-state index in [9.17, 15) is 0 Å². The molecule has 0 spiro atoms. The number of nitrogens with one attached hydrogen (secondary N) is 1. The van der Waals surface area contributed by atoms with Gasteiger partial charge in [-0.25, -0.2) is 0 Å². The maximum Gasteiger partial charge on any atom is 0.577 e. The van der Waals surface area contributed by atoms with Crippen LogP contribution < -0.4 is 5.32 Å². The molecule has 1 rings (SSSR count). The van der Waals surface area contributed by atoms with Crippen molar-refractivity contribution in [3.8, 4) is 0 Å². The maximum absolute atomic E-state index is 5.58. The highest BCUT2D eigenvalue weighted by atomic mass is 28.3. The van der Waals surface area contributed by atoms with Crippen LogP contribution in [0.4, 0.5) is 5.69 Å². The van der Waals surface area contributed by atoms with Gasteiger partial charge in [-0.15, -0.1) is 0 Å². The summed E-state index contributed by atoms with van der Waals surface area (Å²) in [6.07, 6.45) is 0.934. The highest BCUT2D eigenvalue weighted by Crippen LogP contribution is 2.04. The van der Waals surface area contributed by atoms with Gasteiger partial charge in [-0.1, -0.05) is 18.2 Å². The van der Waals surface area contributed by atoms with Gasteiger partial charge in [0.15, 0.2) is 0 Å². The number of para-hydroxylation sites is 1. The molecule has 0 fully saturated rings. The molecule has 0 atom stereocenters. The van der Waals surface area contributed by atoms with E-state index in [1.807, 2.05) is 32.0 Å². The van der Waals surface area contributed by atoms with Crippen molar-refractivity contribution in [1.82, 2.24) is 0 Å². The molecule has 5 heteroatoms. The van der Waals surface area contributed by atoms with Crippen molar-refractivity contribution < 1.29 is 13.3 Å². The van der Waals surface area contributed by atoms with Crippen LogP contribution in [0.15, 0.2) is 30.3 Å². The number of hydrogen-bond acceptors (Lipinski definition) is 4. The first kappa shape index (κ1) is 15.2. The van der Waals surface area contributed by atoms with Crippen molar-refractivity contribution in [2.45, 2.75) is 20.3 Å². The lowest BCUT2D eigenvalue weighted by Gasteiger charge is -2.13. The zero-order valence-electron chi connectivity index (χ0n) is 11.1. The molecule has 0 aliphatic rings. The zero-order valence-corrected chi connectivity index (χ0v) is 12.1. The van der Waals surface area contributed by atoms with Gasteiger partial charge in [-0.3, -0.25) is 0 Å². The van der Waals surface area contributed by atoms with Gasteiger partial charge in [-0.05, 0) is 32.4 Å². The molecule has 1 aromatic carbocycles. The van der Waals surface area contributed by atoms with Crippen LogP contribution in [-0.4, -0.2) is 35.9 Å². The smallest absolute Gasteiger partial charge is 0.385 e. The average Bonchev–Trinajstić information content (AvgIpc) is 2.40. The summed E-state index contributed by atoms with van der Waals surface area (Å²) in [5, 5.41) is 3.33. The van der Waals surface area contributed by atoms with E-state index in [2.05, 4.69) is 17.4 Å². The molecule has 0 unspecified atom stereocenters. The van der Waals surface area contributed by atoms with Gasteiger partial charge >= 0.3 is 9.53 Å².